The molecular weight excluding hydrogens is 305 g/mol. The Balaban J connectivity index is 2.58. The number of rotatable bonds is 4. The lowest BCUT2D eigenvalue weighted by Crippen LogP contribution is -2.29. The Hall–Kier alpha value is -1.87. The van der Waals surface area contributed by atoms with Crippen molar-refractivity contribution in [1.29, 1.82) is 0 Å². The van der Waals surface area contributed by atoms with E-state index in [1.165, 1.54) is 12.1 Å². The monoisotopic (exact) mass is 313 g/mol. The van der Waals surface area contributed by atoms with Gasteiger partial charge in [-0.05, 0) is 34.1 Å². The number of amides is 1. The van der Waals surface area contributed by atoms with Crippen LogP contribution in [0.5, 0.6) is 0 Å². The maximum absolute atomic E-state index is 12.9. The molecular formula is C12H9BrFNO3. The van der Waals surface area contributed by atoms with E-state index in [9.17, 15) is 14.0 Å². The average molecular weight is 314 g/mol. The van der Waals surface area contributed by atoms with Crippen molar-refractivity contribution in [3.8, 4) is 12.3 Å². The maximum atomic E-state index is 12.9. The molecule has 0 atom stereocenters. The van der Waals surface area contributed by atoms with Crippen LogP contribution in [0.25, 0.3) is 0 Å². The van der Waals surface area contributed by atoms with Crippen LogP contribution in [-0.2, 0) is 9.53 Å². The number of nitrogens with one attached hydrogen (secondary N) is 1. The summed E-state index contributed by atoms with van der Waals surface area (Å²) in [5.41, 5.74) is 0.0137. The van der Waals surface area contributed by atoms with Gasteiger partial charge in [0.15, 0.2) is 6.61 Å². The van der Waals surface area contributed by atoms with Crippen molar-refractivity contribution < 1.29 is 18.7 Å². The Morgan fingerprint density at radius 1 is 1.50 bits per heavy atom. The van der Waals surface area contributed by atoms with Crippen LogP contribution in [0, 0.1) is 18.2 Å². The summed E-state index contributed by atoms with van der Waals surface area (Å²) >= 11 is 3.09. The molecule has 18 heavy (non-hydrogen) atoms. The molecule has 0 saturated heterocycles. The molecule has 0 aliphatic carbocycles. The summed E-state index contributed by atoms with van der Waals surface area (Å²) in [6.07, 6.45) is 4.94. The van der Waals surface area contributed by atoms with Crippen LogP contribution >= 0.6 is 15.9 Å². The largest absolute Gasteiger partial charge is 0.452 e. The highest BCUT2D eigenvalue weighted by Gasteiger charge is 2.14. The first kappa shape index (κ1) is 14.2. The van der Waals surface area contributed by atoms with Crippen molar-refractivity contribution in [2.45, 2.75) is 0 Å². The molecule has 0 bridgehead atoms. The first-order valence-corrected chi connectivity index (χ1v) is 5.66. The summed E-state index contributed by atoms with van der Waals surface area (Å²) in [6, 6.07) is 3.59. The molecule has 0 aromatic heterocycles. The molecule has 0 fully saturated rings. The van der Waals surface area contributed by atoms with Gasteiger partial charge in [-0.3, -0.25) is 4.79 Å². The second kappa shape index (κ2) is 6.77. The van der Waals surface area contributed by atoms with Crippen molar-refractivity contribution in [3.63, 3.8) is 0 Å². The van der Waals surface area contributed by atoms with E-state index in [4.69, 9.17) is 11.2 Å². The number of terminal acetylenes is 1. The number of carbonyl (C=O) groups excluding carboxylic acids is 2. The van der Waals surface area contributed by atoms with Crippen molar-refractivity contribution in [1.82, 2.24) is 5.32 Å². The van der Waals surface area contributed by atoms with Crippen LogP contribution in [0.4, 0.5) is 4.39 Å². The number of ether oxygens (including phenoxy) is 1. The molecule has 6 heteroatoms. The maximum Gasteiger partial charge on any atom is 0.339 e. The van der Waals surface area contributed by atoms with Crippen LogP contribution in [0.2, 0.25) is 0 Å². The molecule has 0 saturated carbocycles. The van der Waals surface area contributed by atoms with Gasteiger partial charge in [-0.15, -0.1) is 6.42 Å². The third kappa shape index (κ3) is 4.18. The van der Waals surface area contributed by atoms with Crippen molar-refractivity contribution in [2.24, 2.45) is 0 Å². The highest BCUT2D eigenvalue weighted by molar-refractivity contribution is 9.10. The van der Waals surface area contributed by atoms with E-state index in [2.05, 4.69) is 27.2 Å². The molecule has 0 spiro atoms. The minimum atomic E-state index is -0.794. The van der Waals surface area contributed by atoms with Gasteiger partial charge in [0.25, 0.3) is 5.91 Å². The van der Waals surface area contributed by atoms with Gasteiger partial charge >= 0.3 is 5.97 Å². The minimum absolute atomic E-state index is 0.0137. The molecule has 94 valence electrons. The van der Waals surface area contributed by atoms with E-state index in [-0.39, 0.29) is 12.1 Å². The third-order valence-corrected chi connectivity index (χ3v) is 2.56. The number of hydrogen-bond donors (Lipinski definition) is 1. The lowest BCUT2D eigenvalue weighted by molar-refractivity contribution is -0.123. The standard InChI is InChI=1S/C12H9BrFNO3/c1-2-5-15-11(16)7-18-12(17)9-6-8(14)3-4-10(9)13/h1,3-4,6H,5,7H2,(H,15,16). The second-order valence-corrected chi connectivity index (χ2v) is 4.04. The van der Waals surface area contributed by atoms with Gasteiger partial charge in [-0.25, -0.2) is 9.18 Å². The molecule has 0 unspecified atom stereocenters. The molecule has 0 heterocycles. The van der Waals surface area contributed by atoms with E-state index in [0.717, 1.165) is 6.07 Å². The molecule has 1 aromatic carbocycles. The molecule has 0 aliphatic rings. The molecule has 4 nitrogen and oxygen atoms in total. The van der Waals surface area contributed by atoms with Crippen LogP contribution < -0.4 is 5.32 Å². The molecule has 1 N–H and O–H groups in total. The number of benzene rings is 1. The number of esters is 1. The van der Waals surface area contributed by atoms with Gasteiger partial charge in [0, 0.05) is 4.47 Å². The lowest BCUT2D eigenvalue weighted by Gasteiger charge is -2.06. The van der Waals surface area contributed by atoms with E-state index >= 15 is 0 Å². The van der Waals surface area contributed by atoms with E-state index < -0.39 is 24.3 Å². The normalized spacial score (nSPS) is 9.39. The quantitative estimate of drug-likeness (QED) is 0.677. The minimum Gasteiger partial charge on any atom is -0.452 e. The first-order valence-electron chi connectivity index (χ1n) is 4.87. The second-order valence-electron chi connectivity index (χ2n) is 3.18. The van der Waals surface area contributed by atoms with Gasteiger partial charge in [0.2, 0.25) is 0 Å². The zero-order valence-electron chi connectivity index (χ0n) is 9.20. The fourth-order valence-electron chi connectivity index (χ4n) is 1.06. The molecule has 0 aliphatic heterocycles. The zero-order valence-corrected chi connectivity index (χ0v) is 10.8. The first-order chi connectivity index (χ1) is 8.54. The smallest absolute Gasteiger partial charge is 0.339 e. The summed E-state index contributed by atoms with van der Waals surface area (Å²) in [6.45, 7) is -0.413. The predicted octanol–water partition coefficient (Wildman–Crippen LogP) is 1.49. The predicted molar refractivity (Wildman–Crippen MR) is 66.2 cm³/mol. The van der Waals surface area contributed by atoms with E-state index in [0.29, 0.717) is 4.47 Å². The summed E-state index contributed by atoms with van der Waals surface area (Å²) in [7, 11) is 0. The van der Waals surface area contributed by atoms with Gasteiger partial charge in [-0.2, -0.15) is 0 Å². The number of halogens is 2. The number of hydrogen-bond acceptors (Lipinski definition) is 3. The van der Waals surface area contributed by atoms with Gasteiger partial charge in [0.1, 0.15) is 5.82 Å². The van der Waals surface area contributed by atoms with E-state index in [1.54, 1.807) is 0 Å². The molecule has 0 radical (unpaired) electrons. The zero-order chi connectivity index (χ0) is 13.5. The van der Waals surface area contributed by atoms with Crippen LogP contribution in [0.3, 0.4) is 0 Å². The molecule has 1 aromatic rings. The van der Waals surface area contributed by atoms with Crippen molar-refractivity contribution >= 4 is 27.8 Å². The van der Waals surface area contributed by atoms with Gasteiger partial charge in [0.05, 0.1) is 12.1 Å². The lowest BCUT2D eigenvalue weighted by atomic mass is 10.2. The third-order valence-electron chi connectivity index (χ3n) is 1.87. The van der Waals surface area contributed by atoms with Crippen molar-refractivity contribution in [2.75, 3.05) is 13.2 Å². The Labute approximate surface area is 112 Å². The van der Waals surface area contributed by atoms with Crippen molar-refractivity contribution in [3.05, 3.63) is 34.1 Å². The molecule has 1 rings (SSSR count). The Morgan fingerprint density at radius 3 is 2.89 bits per heavy atom. The Kier molecular flexibility index (Phi) is 5.33. The Bertz CT molecular complexity index is 511. The summed E-state index contributed by atoms with van der Waals surface area (Å²) in [4.78, 5) is 22.7. The summed E-state index contributed by atoms with van der Waals surface area (Å²) in [5.74, 6) is 0.324. The summed E-state index contributed by atoms with van der Waals surface area (Å²) in [5, 5.41) is 2.33. The summed E-state index contributed by atoms with van der Waals surface area (Å²) < 4.78 is 18.0. The Morgan fingerprint density at radius 2 is 2.22 bits per heavy atom. The van der Waals surface area contributed by atoms with Gasteiger partial charge in [-0.1, -0.05) is 5.92 Å². The van der Waals surface area contributed by atoms with Crippen LogP contribution in [-0.4, -0.2) is 25.0 Å². The topological polar surface area (TPSA) is 55.4 Å². The van der Waals surface area contributed by atoms with Crippen LogP contribution in [0.15, 0.2) is 22.7 Å². The fourth-order valence-corrected chi connectivity index (χ4v) is 1.47. The van der Waals surface area contributed by atoms with Crippen LogP contribution in [0.1, 0.15) is 10.4 Å². The van der Waals surface area contributed by atoms with E-state index in [1.807, 2.05) is 0 Å². The number of carbonyl (C=O) groups is 2. The van der Waals surface area contributed by atoms with Gasteiger partial charge < -0.3 is 10.1 Å². The average Bonchev–Trinajstić information content (AvgIpc) is 2.36. The fraction of sp³-hybridized carbons (Fsp3) is 0.167. The highest BCUT2D eigenvalue weighted by atomic mass is 79.9. The SMILES string of the molecule is C#CCNC(=O)COC(=O)c1cc(F)ccc1Br. The molecule has 1 amide bonds. The highest BCUT2D eigenvalue weighted by Crippen LogP contribution is 2.18.